The van der Waals surface area contributed by atoms with Crippen LogP contribution in [0.3, 0.4) is 0 Å². The molecule has 2 rings (SSSR count). The van der Waals surface area contributed by atoms with Crippen molar-refractivity contribution in [2.24, 2.45) is 0 Å². The van der Waals surface area contributed by atoms with Gasteiger partial charge >= 0.3 is 0 Å². The number of ether oxygens (including phenoxy) is 1. The minimum absolute atomic E-state index is 0.235. The number of benzene rings is 2. The molecule has 3 nitrogen and oxygen atoms in total. The van der Waals surface area contributed by atoms with Gasteiger partial charge in [-0.2, -0.15) is 0 Å². The smallest absolute Gasteiger partial charge is 0.252 e. The van der Waals surface area contributed by atoms with E-state index in [0.29, 0.717) is 21.3 Å². The van der Waals surface area contributed by atoms with Crippen LogP contribution in [-0.2, 0) is 0 Å². The fraction of sp³-hybridized carbons (Fsp3) is 0.188. The summed E-state index contributed by atoms with van der Waals surface area (Å²) in [5.74, 6) is -0.0644. The zero-order valence-electron chi connectivity index (χ0n) is 11.7. The fourth-order valence-electron chi connectivity index (χ4n) is 2.04. The molecule has 0 fully saturated rings. The van der Waals surface area contributed by atoms with Crippen molar-refractivity contribution in [3.8, 4) is 5.75 Å². The van der Waals surface area contributed by atoms with Crippen molar-refractivity contribution >= 4 is 21.8 Å². The molecule has 1 atom stereocenters. The van der Waals surface area contributed by atoms with Crippen molar-refractivity contribution in [1.29, 1.82) is 0 Å². The molecule has 0 radical (unpaired) electrons. The summed E-state index contributed by atoms with van der Waals surface area (Å²) < 4.78 is 19.3. The lowest BCUT2D eigenvalue weighted by Gasteiger charge is -2.18. The van der Waals surface area contributed by atoms with Crippen LogP contribution in [0.4, 0.5) is 4.39 Å². The topological polar surface area (TPSA) is 38.3 Å². The van der Waals surface area contributed by atoms with Crippen molar-refractivity contribution in [1.82, 2.24) is 5.32 Å². The summed E-state index contributed by atoms with van der Waals surface area (Å²) in [5.41, 5.74) is 1.12. The molecule has 1 amide bonds. The molecule has 2 aromatic rings. The maximum atomic E-state index is 13.4. The van der Waals surface area contributed by atoms with E-state index in [2.05, 4.69) is 21.2 Å². The molecule has 0 aliphatic rings. The maximum Gasteiger partial charge on any atom is 0.252 e. The number of amides is 1. The van der Waals surface area contributed by atoms with Crippen molar-refractivity contribution in [3.63, 3.8) is 0 Å². The normalized spacial score (nSPS) is 11.8. The number of hydrogen-bond acceptors (Lipinski definition) is 2. The van der Waals surface area contributed by atoms with E-state index in [1.54, 1.807) is 31.2 Å². The number of hydrogen-bond donors (Lipinski definition) is 1. The van der Waals surface area contributed by atoms with Crippen LogP contribution in [0.5, 0.6) is 5.75 Å². The molecule has 1 N–H and O–H groups in total. The number of carbonyl (C=O) groups excluding carboxylic acids is 1. The van der Waals surface area contributed by atoms with Crippen molar-refractivity contribution in [3.05, 3.63) is 63.9 Å². The average Bonchev–Trinajstić information content (AvgIpc) is 2.47. The lowest BCUT2D eigenvalue weighted by Crippen LogP contribution is -2.27. The number of methoxy groups -OCH3 is 1. The molecule has 0 aliphatic heterocycles. The molecule has 0 saturated carbocycles. The largest absolute Gasteiger partial charge is 0.496 e. The van der Waals surface area contributed by atoms with E-state index in [4.69, 9.17) is 4.74 Å². The summed E-state index contributed by atoms with van der Waals surface area (Å²) in [6, 6.07) is 11.0. The maximum absolute atomic E-state index is 13.4. The summed E-state index contributed by atoms with van der Waals surface area (Å²) in [4.78, 5) is 12.3. The second-order valence-electron chi connectivity index (χ2n) is 4.56. The molecule has 1 unspecified atom stereocenters. The van der Waals surface area contributed by atoms with Crippen molar-refractivity contribution < 1.29 is 13.9 Å². The van der Waals surface area contributed by atoms with Crippen molar-refractivity contribution in [2.75, 3.05) is 7.11 Å². The predicted octanol–water partition coefficient (Wildman–Crippen LogP) is 4.09. The zero-order valence-corrected chi connectivity index (χ0v) is 13.3. The van der Waals surface area contributed by atoms with Gasteiger partial charge in [0, 0.05) is 10.0 Å². The monoisotopic (exact) mass is 351 g/mol. The molecular weight excluding hydrogens is 337 g/mol. The molecule has 0 bridgehead atoms. The first-order chi connectivity index (χ1) is 10.0. The molecule has 110 valence electrons. The Bertz CT molecular complexity index is 660. The lowest BCUT2D eigenvalue weighted by molar-refractivity contribution is 0.0938. The Kier molecular flexibility index (Phi) is 4.96. The molecule has 0 saturated heterocycles. The molecule has 2 aromatic carbocycles. The van der Waals surface area contributed by atoms with Crippen LogP contribution < -0.4 is 10.1 Å². The van der Waals surface area contributed by atoms with Gasteiger partial charge in [0.15, 0.2) is 0 Å². The Morgan fingerprint density at radius 2 is 2.00 bits per heavy atom. The lowest BCUT2D eigenvalue weighted by atomic mass is 10.1. The average molecular weight is 352 g/mol. The van der Waals surface area contributed by atoms with E-state index >= 15 is 0 Å². The molecule has 0 aromatic heterocycles. The molecule has 5 heteroatoms. The first-order valence-electron chi connectivity index (χ1n) is 6.41. The van der Waals surface area contributed by atoms with Crippen LogP contribution >= 0.6 is 15.9 Å². The van der Waals surface area contributed by atoms with E-state index in [1.165, 1.54) is 19.2 Å². The third kappa shape index (κ3) is 3.61. The summed E-state index contributed by atoms with van der Waals surface area (Å²) in [6.45, 7) is 1.78. The SMILES string of the molecule is COc1ccc(F)cc1C(C)NC(=O)c1ccccc1Br. The van der Waals surface area contributed by atoms with Gasteiger partial charge in [-0.05, 0) is 53.2 Å². The molecular formula is C16H15BrFNO2. The molecule has 0 aliphatic carbocycles. The van der Waals surface area contributed by atoms with Gasteiger partial charge in [0.05, 0.1) is 18.7 Å². The number of halogens is 2. The Balaban J connectivity index is 2.22. The highest BCUT2D eigenvalue weighted by Crippen LogP contribution is 2.26. The van der Waals surface area contributed by atoms with Crippen LogP contribution in [0.1, 0.15) is 28.9 Å². The second-order valence-corrected chi connectivity index (χ2v) is 5.42. The Morgan fingerprint density at radius 1 is 1.29 bits per heavy atom. The number of rotatable bonds is 4. The summed E-state index contributed by atoms with van der Waals surface area (Å²) >= 11 is 3.34. The first-order valence-corrected chi connectivity index (χ1v) is 7.21. The van der Waals surface area contributed by atoms with Gasteiger partial charge in [-0.15, -0.1) is 0 Å². The van der Waals surface area contributed by atoms with Gasteiger partial charge < -0.3 is 10.1 Å². The molecule has 0 spiro atoms. The van der Waals surface area contributed by atoms with E-state index < -0.39 is 0 Å². The van der Waals surface area contributed by atoms with Gasteiger partial charge in [-0.1, -0.05) is 12.1 Å². The predicted molar refractivity (Wildman–Crippen MR) is 83.0 cm³/mol. The van der Waals surface area contributed by atoms with E-state index in [1.807, 2.05) is 6.07 Å². The third-order valence-electron chi connectivity index (χ3n) is 3.12. The summed E-state index contributed by atoms with van der Waals surface area (Å²) in [5, 5.41) is 2.84. The van der Waals surface area contributed by atoms with Gasteiger partial charge in [-0.3, -0.25) is 4.79 Å². The highest BCUT2D eigenvalue weighted by Gasteiger charge is 2.17. The van der Waals surface area contributed by atoms with Gasteiger partial charge in [0.25, 0.3) is 5.91 Å². The van der Waals surface area contributed by atoms with Crippen LogP contribution in [0.2, 0.25) is 0 Å². The van der Waals surface area contributed by atoms with Gasteiger partial charge in [-0.25, -0.2) is 4.39 Å². The second kappa shape index (κ2) is 6.72. The molecule has 21 heavy (non-hydrogen) atoms. The highest BCUT2D eigenvalue weighted by atomic mass is 79.9. The van der Waals surface area contributed by atoms with E-state index in [-0.39, 0.29) is 17.8 Å². The molecule has 0 heterocycles. The zero-order chi connectivity index (χ0) is 15.4. The first kappa shape index (κ1) is 15.5. The fourth-order valence-corrected chi connectivity index (χ4v) is 2.51. The van der Waals surface area contributed by atoms with E-state index in [0.717, 1.165) is 0 Å². The summed E-state index contributed by atoms with van der Waals surface area (Å²) in [6.07, 6.45) is 0. The minimum atomic E-state index is -0.379. The Morgan fingerprint density at radius 3 is 2.67 bits per heavy atom. The Hall–Kier alpha value is -1.88. The Labute approximate surface area is 131 Å². The summed E-state index contributed by atoms with van der Waals surface area (Å²) in [7, 11) is 1.51. The minimum Gasteiger partial charge on any atom is -0.496 e. The number of nitrogens with one attached hydrogen (secondary N) is 1. The van der Waals surface area contributed by atoms with Crippen LogP contribution in [-0.4, -0.2) is 13.0 Å². The number of carbonyl (C=O) groups is 1. The van der Waals surface area contributed by atoms with Crippen LogP contribution in [0.15, 0.2) is 46.9 Å². The van der Waals surface area contributed by atoms with Crippen LogP contribution in [0, 0.1) is 5.82 Å². The van der Waals surface area contributed by atoms with Gasteiger partial charge in [0.2, 0.25) is 0 Å². The van der Waals surface area contributed by atoms with Crippen molar-refractivity contribution in [2.45, 2.75) is 13.0 Å². The highest BCUT2D eigenvalue weighted by molar-refractivity contribution is 9.10. The van der Waals surface area contributed by atoms with Crippen LogP contribution in [0.25, 0.3) is 0 Å². The van der Waals surface area contributed by atoms with Gasteiger partial charge in [0.1, 0.15) is 11.6 Å². The van der Waals surface area contributed by atoms with E-state index in [9.17, 15) is 9.18 Å². The quantitative estimate of drug-likeness (QED) is 0.900. The third-order valence-corrected chi connectivity index (χ3v) is 3.82. The standard InChI is InChI=1S/C16H15BrFNO2/c1-10(13-9-11(18)7-8-15(13)21-2)19-16(20)12-5-3-4-6-14(12)17/h3-10H,1-2H3,(H,19,20).